The molecule has 3 aromatic carbocycles. The molecule has 0 aliphatic rings. The van der Waals surface area contributed by atoms with E-state index in [2.05, 4.69) is 15.3 Å². The lowest BCUT2D eigenvalue weighted by Crippen LogP contribution is -1.99. The number of hydrogen-bond donors (Lipinski definition) is 1. The summed E-state index contributed by atoms with van der Waals surface area (Å²) in [5.41, 5.74) is 2.73. The Kier molecular flexibility index (Phi) is 6.62. The van der Waals surface area contributed by atoms with Crippen molar-refractivity contribution in [2.24, 2.45) is 5.10 Å². The van der Waals surface area contributed by atoms with E-state index >= 15 is 0 Å². The first-order valence-corrected chi connectivity index (χ1v) is 10.3. The monoisotopic (exact) mass is 446 g/mol. The van der Waals surface area contributed by atoms with E-state index in [9.17, 15) is 0 Å². The van der Waals surface area contributed by atoms with Crippen LogP contribution >= 0.6 is 12.2 Å². The largest absolute Gasteiger partial charge is 0.497 e. The zero-order chi connectivity index (χ0) is 22.3. The van der Waals surface area contributed by atoms with Crippen molar-refractivity contribution in [2.75, 3.05) is 14.2 Å². The maximum Gasteiger partial charge on any atom is 0.216 e. The fraction of sp³-hybridized carbons (Fsp3) is 0.125. The third-order valence-corrected chi connectivity index (χ3v) is 4.99. The third kappa shape index (κ3) is 4.87. The molecule has 0 saturated carbocycles. The van der Waals surface area contributed by atoms with E-state index in [4.69, 9.17) is 26.4 Å². The Labute approximate surface area is 190 Å². The highest BCUT2D eigenvalue weighted by molar-refractivity contribution is 7.71. The summed E-state index contributed by atoms with van der Waals surface area (Å²) >= 11 is 5.37. The minimum absolute atomic E-state index is 0.383. The number of H-pyrrole nitrogens is 1. The van der Waals surface area contributed by atoms with Crippen LogP contribution in [-0.4, -0.2) is 35.3 Å². The number of nitrogens with zero attached hydrogens (tertiary/aromatic N) is 3. The van der Waals surface area contributed by atoms with Gasteiger partial charge in [0.05, 0.1) is 20.4 Å². The smallest absolute Gasteiger partial charge is 0.216 e. The van der Waals surface area contributed by atoms with Crippen LogP contribution in [0.1, 0.15) is 11.1 Å². The summed E-state index contributed by atoms with van der Waals surface area (Å²) in [6, 6.07) is 23.1. The Balaban J connectivity index is 1.60. The summed E-state index contributed by atoms with van der Waals surface area (Å²) in [5, 5.41) is 11.6. The molecule has 0 fully saturated rings. The summed E-state index contributed by atoms with van der Waals surface area (Å²) in [4.78, 5) is 0. The third-order valence-electron chi connectivity index (χ3n) is 4.73. The second-order valence-corrected chi connectivity index (χ2v) is 7.21. The van der Waals surface area contributed by atoms with Gasteiger partial charge in [-0.15, -0.1) is 0 Å². The molecule has 0 aliphatic carbocycles. The molecule has 0 unspecified atom stereocenters. The highest BCUT2D eigenvalue weighted by Crippen LogP contribution is 2.28. The van der Waals surface area contributed by atoms with Crippen molar-refractivity contribution in [2.45, 2.75) is 6.61 Å². The molecule has 4 rings (SSSR count). The van der Waals surface area contributed by atoms with E-state index in [0.29, 0.717) is 28.7 Å². The molecule has 4 aromatic rings. The van der Waals surface area contributed by atoms with Crippen molar-refractivity contribution in [3.8, 4) is 28.6 Å². The van der Waals surface area contributed by atoms with E-state index in [0.717, 1.165) is 22.4 Å². The first-order chi connectivity index (χ1) is 15.7. The number of benzene rings is 3. The topological polar surface area (TPSA) is 73.7 Å². The fourth-order valence-electron chi connectivity index (χ4n) is 3.09. The highest BCUT2D eigenvalue weighted by atomic mass is 32.1. The van der Waals surface area contributed by atoms with Crippen molar-refractivity contribution in [1.29, 1.82) is 0 Å². The van der Waals surface area contributed by atoms with E-state index in [-0.39, 0.29) is 0 Å². The molecule has 1 heterocycles. The van der Waals surface area contributed by atoms with Crippen LogP contribution in [0.5, 0.6) is 17.2 Å². The van der Waals surface area contributed by atoms with Crippen LogP contribution < -0.4 is 14.2 Å². The average Bonchev–Trinajstić information content (AvgIpc) is 3.22. The molecule has 0 spiro atoms. The SMILES string of the molecule is COc1cccc(-c2n[nH]c(=S)n2/N=C\c2ccc(OC)c(OCc3ccccc3)c2)c1. The molecule has 0 aliphatic heterocycles. The zero-order valence-electron chi connectivity index (χ0n) is 17.7. The van der Waals surface area contributed by atoms with Gasteiger partial charge in [-0.1, -0.05) is 42.5 Å². The number of aromatic amines is 1. The van der Waals surface area contributed by atoms with Gasteiger partial charge in [0.25, 0.3) is 0 Å². The van der Waals surface area contributed by atoms with E-state index in [1.807, 2.05) is 72.8 Å². The lowest BCUT2D eigenvalue weighted by Gasteiger charge is -2.11. The van der Waals surface area contributed by atoms with Crippen molar-refractivity contribution in [1.82, 2.24) is 14.9 Å². The molecular formula is C24H22N4O3S. The molecule has 8 heteroatoms. The summed E-state index contributed by atoms with van der Waals surface area (Å²) in [5.74, 6) is 2.58. The normalized spacial score (nSPS) is 10.9. The second kappa shape index (κ2) is 9.93. The number of ether oxygens (including phenoxy) is 3. The number of methoxy groups -OCH3 is 2. The Morgan fingerprint density at radius 3 is 2.59 bits per heavy atom. The number of nitrogens with one attached hydrogen (secondary N) is 1. The lowest BCUT2D eigenvalue weighted by atomic mass is 10.2. The van der Waals surface area contributed by atoms with Crippen molar-refractivity contribution >= 4 is 18.4 Å². The molecule has 0 amide bonds. The van der Waals surface area contributed by atoms with Crippen molar-refractivity contribution in [3.05, 3.63) is 88.7 Å². The predicted molar refractivity (Wildman–Crippen MR) is 126 cm³/mol. The minimum Gasteiger partial charge on any atom is -0.497 e. The van der Waals surface area contributed by atoms with Crippen molar-refractivity contribution in [3.63, 3.8) is 0 Å². The van der Waals surface area contributed by atoms with Crippen LogP contribution in [0, 0.1) is 4.77 Å². The molecule has 7 nitrogen and oxygen atoms in total. The maximum atomic E-state index is 5.99. The standard InChI is InChI=1S/C24H22N4O3S/c1-29-20-10-6-9-19(14-20)23-26-27-24(32)28(23)25-15-18-11-12-21(30-2)22(13-18)31-16-17-7-4-3-5-8-17/h3-15H,16H2,1-2H3,(H,27,32)/b25-15-. The maximum absolute atomic E-state index is 5.99. The van der Waals surface area contributed by atoms with Crippen LogP contribution in [0.25, 0.3) is 11.4 Å². The van der Waals surface area contributed by atoms with Crippen LogP contribution in [0.3, 0.4) is 0 Å². The molecule has 0 bridgehead atoms. The highest BCUT2D eigenvalue weighted by Gasteiger charge is 2.10. The zero-order valence-corrected chi connectivity index (χ0v) is 18.5. The summed E-state index contributed by atoms with van der Waals surface area (Å²) in [6.45, 7) is 0.435. The minimum atomic E-state index is 0.383. The van der Waals surface area contributed by atoms with Gasteiger partial charge in [-0.25, -0.2) is 5.10 Å². The number of aromatic nitrogens is 3. The molecule has 1 aromatic heterocycles. The molecular weight excluding hydrogens is 424 g/mol. The number of rotatable bonds is 8. The molecule has 0 atom stereocenters. The Morgan fingerprint density at radius 1 is 0.969 bits per heavy atom. The fourth-order valence-corrected chi connectivity index (χ4v) is 3.27. The van der Waals surface area contributed by atoms with Crippen molar-refractivity contribution < 1.29 is 14.2 Å². The van der Waals surface area contributed by atoms with Gasteiger partial charge in [-0.05, 0) is 53.7 Å². The molecule has 32 heavy (non-hydrogen) atoms. The predicted octanol–water partition coefficient (Wildman–Crippen LogP) is 5.09. The van der Waals surface area contributed by atoms with Crippen LogP contribution in [0.2, 0.25) is 0 Å². The number of hydrogen-bond acceptors (Lipinski definition) is 6. The van der Waals surface area contributed by atoms with Gasteiger partial charge in [0.2, 0.25) is 4.77 Å². The summed E-state index contributed by atoms with van der Waals surface area (Å²) in [7, 11) is 3.24. The Bertz CT molecular complexity index is 1280. The molecule has 162 valence electrons. The van der Waals surface area contributed by atoms with Gasteiger partial charge < -0.3 is 14.2 Å². The first kappa shape index (κ1) is 21.3. The lowest BCUT2D eigenvalue weighted by molar-refractivity contribution is 0.284. The molecule has 0 radical (unpaired) electrons. The van der Waals surface area contributed by atoms with Gasteiger partial charge >= 0.3 is 0 Å². The van der Waals surface area contributed by atoms with Gasteiger partial charge in [0.15, 0.2) is 17.3 Å². The quantitative estimate of drug-likeness (QED) is 0.302. The Morgan fingerprint density at radius 2 is 1.81 bits per heavy atom. The van der Waals surface area contributed by atoms with Gasteiger partial charge in [-0.3, -0.25) is 0 Å². The van der Waals surface area contributed by atoms with Crippen LogP contribution in [0.15, 0.2) is 77.9 Å². The summed E-state index contributed by atoms with van der Waals surface area (Å²) < 4.78 is 18.7. The molecule has 0 saturated heterocycles. The van der Waals surface area contributed by atoms with Crippen LogP contribution in [0.4, 0.5) is 0 Å². The average molecular weight is 447 g/mol. The van der Waals surface area contributed by atoms with Gasteiger partial charge in [0.1, 0.15) is 12.4 Å². The van der Waals surface area contributed by atoms with E-state index in [1.54, 1.807) is 25.1 Å². The first-order valence-electron chi connectivity index (χ1n) is 9.89. The molecule has 1 N–H and O–H groups in total. The summed E-state index contributed by atoms with van der Waals surface area (Å²) in [6.07, 6.45) is 1.70. The Hall–Kier alpha value is -3.91. The van der Waals surface area contributed by atoms with Gasteiger partial charge in [-0.2, -0.15) is 14.9 Å². The van der Waals surface area contributed by atoms with E-state index in [1.165, 1.54) is 0 Å². The van der Waals surface area contributed by atoms with E-state index < -0.39 is 0 Å². The van der Waals surface area contributed by atoms with Gasteiger partial charge in [0, 0.05) is 5.56 Å². The van der Waals surface area contributed by atoms with Crippen LogP contribution in [-0.2, 0) is 6.61 Å². The second-order valence-electron chi connectivity index (χ2n) is 6.83.